The molecule has 0 unspecified atom stereocenters. The highest BCUT2D eigenvalue weighted by atomic mass is 31.2. The van der Waals surface area contributed by atoms with Gasteiger partial charge in [-0.2, -0.15) is 0 Å². The number of carbonyl (C=O) groups excluding carboxylic acids is 1. The molecule has 10 heteroatoms. The molecular weight excluding hydrogens is 589 g/mol. The minimum absolute atomic E-state index is 0.0131. The van der Waals surface area contributed by atoms with E-state index in [0.29, 0.717) is 34.1 Å². The standard InChI is InChI=1S/C35H42N3O6P/c1-4-42-35(40)27-19-22-38(23-20-27)21-18-25-12-14-28(15-13-25)36-33(26-10-8-7-9-11-26)32-30-24-29(16-17-31(30)37-34(32)39)45(41,43-5-2)44-6-3/h7-17,24,27,37,39H,4-6,18-23H2,1-3H3. The summed E-state index contributed by atoms with van der Waals surface area (Å²) in [6.07, 6.45) is 2.57. The van der Waals surface area contributed by atoms with Crippen LogP contribution in [0.15, 0.2) is 77.8 Å². The third kappa shape index (κ3) is 7.74. The largest absolute Gasteiger partial charge is 0.494 e. The normalized spacial score (nSPS) is 15.0. The van der Waals surface area contributed by atoms with Gasteiger partial charge < -0.3 is 28.8 Å². The van der Waals surface area contributed by atoms with Crippen LogP contribution < -0.4 is 5.30 Å². The minimum atomic E-state index is -3.55. The van der Waals surface area contributed by atoms with Crippen molar-refractivity contribution in [3.63, 3.8) is 0 Å². The number of hydrogen-bond acceptors (Lipinski definition) is 8. The van der Waals surface area contributed by atoms with E-state index in [2.05, 4.69) is 22.0 Å². The first-order chi connectivity index (χ1) is 21.8. The molecule has 0 radical (unpaired) electrons. The van der Waals surface area contributed by atoms with Gasteiger partial charge in [0.15, 0.2) is 5.88 Å². The quantitative estimate of drug-likeness (QED) is 0.0953. The fourth-order valence-electron chi connectivity index (χ4n) is 5.77. The van der Waals surface area contributed by atoms with Crippen LogP contribution in [0, 0.1) is 5.92 Å². The Morgan fingerprint density at radius 2 is 1.64 bits per heavy atom. The number of H-pyrrole nitrogens is 1. The number of aromatic hydroxyl groups is 1. The number of esters is 1. The van der Waals surface area contributed by atoms with E-state index in [4.69, 9.17) is 18.8 Å². The zero-order chi connectivity index (χ0) is 31.8. The molecule has 4 aromatic rings. The molecule has 2 heterocycles. The van der Waals surface area contributed by atoms with Crippen LogP contribution in [0.3, 0.4) is 0 Å². The van der Waals surface area contributed by atoms with Crippen molar-refractivity contribution in [2.75, 3.05) is 39.5 Å². The molecule has 0 atom stereocenters. The molecule has 1 aromatic heterocycles. The van der Waals surface area contributed by atoms with E-state index >= 15 is 0 Å². The molecule has 0 amide bonds. The first-order valence-corrected chi connectivity index (χ1v) is 17.3. The van der Waals surface area contributed by atoms with Gasteiger partial charge in [0.2, 0.25) is 0 Å². The van der Waals surface area contributed by atoms with Crippen molar-refractivity contribution in [2.24, 2.45) is 10.9 Å². The summed E-state index contributed by atoms with van der Waals surface area (Å²) in [7, 11) is -3.55. The first kappa shape index (κ1) is 32.6. The van der Waals surface area contributed by atoms with Crippen LogP contribution in [0.5, 0.6) is 5.88 Å². The zero-order valence-electron chi connectivity index (χ0n) is 26.2. The molecule has 238 valence electrons. The van der Waals surface area contributed by atoms with Crippen LogP contribution in [-0.4, -0.2) is 66.1 Å². The second kappa shape index (κ2) is 15.0. The smallest absolute Gasteiger partial charge is 0.361 e. The third-order valence-corrected chi connectivity index (χ3v) is 10.2. The molecular formula is C35H42N3O6P. The van der Waals surface area contributed by atoms with Crippen LogP contribution in [-0.2, 0) is 29.6 Å². The molecule has 0 aliphatic carbocycles. The van der Waals surface area contributed by atoms with Crippen LogP contribution in [0.1, 0.15) is 50.3 Å². The summed E-state index contributed by atoms with van der Waals surface area (Å²) in [5.41, 5.74) is 4.53. The molecule has 5 rings (SSSR count). The number of rotatable bonds is 13. The van der Waals surface area contributed by atoms with Crippen molar-refractivity contribution in [2.45, 2.75) is 40.0 Å². The maximum absolute atomic E-state index is 13.6. The number of ether oxygens (including phenoxy) is 1. The van der Waals surface area contributed by atoms with Crippen LogP contribution >= 0.6 is 7.60 Å². The predicted molar refractivity (Wildman–Crippen MR) is 178 cm³/mol. The number of nitrogens with zero attached hydrogens (tertiary/aromatic N) is 2. The number of aliphatic imine (C=N–C) groups is 1. The summed E-state index contributed by atoms with van der Waals surface area (Å²) in [5, 5.41) is 12.2. The number of piperidine rings is 1. The molecule has 2 N–H and O–H groups in total. The van der Waals surface area contributed by atoms with Gasteiger partial charge in [0, 0.05) is 23.0 Å². The van der Waals surface area contributed by atoms with Gasteiger partial charge in [0.25, 0.3) is 0 Å². The molecule has 0 saturated carbocycles. The van der Waals surface area contributed by atoms with Gasteiger partial charge in [-0.15, -0.1) is 0 Å². The maximum atomic E-state index is 13.6. The highest BCUT2D eigenvalue weighted by Crippen LogP contribution is 2.47. The third-order valence-electron chi connectivity index (χ3n) is 8.06. The molecule has 0 bridgehead atoms. The van der Waals surface area contributed by atoms with Gasteiger partial charge in [-0.3, -0.25) is 9.36 Å². The molecule has 9 nitrogen and oxygen atoms in total. The Kier molecular flexibility index (Phi) is 10.9. The van der Waals surface area contributed by atoms with E-state index < -0.39 is 7.60 Å². The van der Waals surface area contributed by atoms with Crippen LogP contribution in [0.4, 0.5) is 5.69 Å². The van der Waals surface area contributed by atoms with Crippen molar-refractivity contribution in [1.29, 1.82) is 0 Å². The van der Waals surface area contributed by atoms with Gasteiger partial charge >= 0.3 is 13.6 Å². The lowest BCUT2D eigenvalue weighted by atomic mass is 9.96. The van der Waals surface area contributed by atoms with E-state index in [9.17, 15) is 14.5 Å². The van der Waals surface area contributed by atoms with E-state index in [1.54, 1.807) is 32.0 Å². The van der Waals surface area contributed by atoms with Crippen LogP contribution in [0.25, 0.3) is 10.9 Å². The summed E-state index contributed by atoms with van der Waals surface area (Å²) in [4.78, 5) is 22.5. The summed E-state index contributed by atoms with van der Waals surface area (Å²) < 4.78 is 30.0. The number of benzene rings is 3. The molecule has 0 spiro atoms. The van der Waals surface area contributed by atoms with E-state index in [1.807, 2.05) is 49.4 Å². The summed E-state index contributed by atoms with van der Waals surface area (Å²) in [6.45, 7) is 9.02. The van der Waals surface area contributed by atoms with E-state index in [0.717, 1.165) is 50.1 Å². The number of aromatic amines is 1. The zero-order valence-corrected chi connectivity index (χ0v) is 27.1. The van der Waals surface area contributed by atoms with E-state index in [-0.39, 0.29) is 31.0 Å². The lowest BCUT2D eigenvalue weighted by molar-refractivity contribution is -0.149. The minimum Gasteiger partial charge on any atom is -0.494 e. The highest BCUT2D eigenvalue weighted by molar-refractivity contribution is 7.62. The predicted octanol–water partition coefficient (Wildman–Crippen LogP) is 6.75. The lowest BCUT2D eigenvalue weighted by Gasteiger charge is -2.30. The Balaban J connectivity index is 1.40. The molecule has 1 fully saturated rings. The molecule has 1 aliphatic rings. The lowest BCUT2D eigenvalue weighted by Crippen LogP contribution is -2.38. The second-order valence-corrected chi connectivity index (χ2v) is 13.1. The van der Waals surface area contributed by atoms with Gasteiger partial charge in [-0.05, 0) is 89.0 Å². The summed E-state index contributed by atoms with van der Waals surface area (Å²) in [5.74, 6) is -0.0875. The average Bonchev–Trinajstić information content (AvgIpc) is 3.39. The number of carbonyl (C=O) groups is 1. The van der Waals surface area contributed by atoms with Gasteiger partial charge in [0.05, 0.1) is 48.0 Å². The Bertz CT molecular complexity index is 1650. The fraction of sp³-hybridized carbons (Fsp3) is 0.371. The number of hydrogen-bond donors (Lipinski definition) is 2. The molecule has 45 heavy (non-hydrogen) atoms. The molecule has 3 aromatic carbocycles. The summed E-state index contributed by atoms with van der Waals surface area (Å²) in [6, 6.07) is 23.1. The average molecular weight is 632 g/mol. The van der Waals surface area contributed by atoms with Crippen molar-refractivity contribution in [3.05, 3.63) is 89.5 Å². The van der Waals surface area contributed by atoms with Crippen LogP contribution in [0.2, 0.25) is 0 Å². The molecule has 1 saturated heterocycles. The first-order valence-electron chi connectivity index (χ1n) is 15.7. The molecule has 1 aliphatic heterocycles. The number of fused-ring (bicyclic) bond motifs is 1. The van der Waals surface area contributed by atoms with Crippen molar-refractivity contribution >= 4 is 41.2 Å². The Morgan fingerprint density at radius 1 is 0.956 bits per heavy atom. The SMILES string of the molecule is CCOC(=O)C1CCN(CCc2ccc(N=C(c3ccccc3)c3c(O)[nH]c4ccc(P(=O)(OCC)OCC)cc34)cc2)CC1. The van der Waals surface area contributed by atoms with Gasteiger partial charge in [0.1, 0.15) is 0 Å². The van der Waals surface area contributed by atoms with E-state index in [1.165, 1.54) is 5.56 Å². The maximum Gasteiger partial charge on any atom is 0.361 e. The highest BCUT2D eigenvalue weighted by Gasteiger charge is 2.29. The topological polar surface area (TPSA) is 113 Å². The summed E-state index contributed by atoms with van der Waals surface area (Å²) >= 11 is 0. The Labute approximate surface area is 264 Å². The van der Waals surface area contributed by atoms with Gasteiger partial charge in [-0.1, -0.05) is 42.5 Å². The number of nitrogens with one attached hydrogen (secondary N) is 1. The second-order valence-electron chi connectivity index (χ2n) is 11.0. The van der Waals surface area contributed by atoms with Crippen molar-refractivity contribution in [1.82, 2.24) is 9.88 Å². The number of aromatic nitrogens is 1. The Morgan fingerprint density at radius 3 is 2.29 bits per heavy atom. The van der Waals surface area contributed by atoms with Gasteiger partial charge in [-0.25, -0.2) is 4.99 Å². The monoisotopic (exact) mass is 631 g/mol. The van der Waals surface area contributed by atoms with Crippen molar-refractivity contribution in [3.8, 4) is 5.88 Å². The fourth-order valence-corrected chi connectivity index (χ4v) is 7.37. The van der Waals surface area contributed by atoms with Crippen molar-refractivity contribution < 1.29 is 28.3 Å². The Hall–Kier alpha value is -3.75. The number of likely N-dealkylation sites (tertiary alicyclic amines) is 1.